The molecular formula is C18H29N3O3S. The summed E-state index contributed by atoms with van der Waals surface area (Å²) in [6.07, 6.45) is 1.40. The molecule has 1 heterocycles. The van der Waals surface area contributed by atoms with Crippen LogP contribution in [0.4, 0.5) is 0 Å². The van der Waals surface area contributed by atoms with E-state index in [9.17, 15) is 13.2 Å². The number of amides is 1. The Balaban J connectivity index is 1.84. The molecule has 1 aromatic rings. The zero-order valence-electron chi connectivity index (χ0n) is 15.2. The molecule has 2 rings (SSSR count). The van der Waals surface area contributed by atoms with Crippen molar-refractivity contribution >= 4 is 15.9 Å². The van der Waals surface area contributed by atoms with Crippen molar-refractivity contribution in [2.45, 2.75) is 50.6 Å². The Labute approximate surface area is 151 Å². The molecule has 0 aromatic heterocycles. The highest BCUT2D eigenvalue weighted by Crippen LogP contribution is 2.16. The van der Waals surface area contributed by atoms with Crippen molar-refractivity contribution in [3.63, 3.8) is 0 Å². The van der Waals surface area contributed by atoms with Gasteiger partial charge in [-0.1, -0.05) is 32.0 Å². The van der Waals surface area contributed by atoms with Crippen molar-refractivity contribution in [1.29, 1.82) is 0 Å². The van der Waals surface area contributed by atoms with E-state index in [1.807, 2.05) is 6.92 Å². The van der Waals surface area contributed by atoms with Crippen molar-refractivity contribution in [3.8, 4) is 0 Å². The van der Waals surface area contributed by atoms with E-state index in [1.165, 1.54) is 0 Å². The smallest absolute Gasteiger partial charge is 0.240 e. The lowest BCUT2D eigenvalue weighted by atomic mass is 10.0. The molecule has 2 N–H and O–H groups in total. The zero-order chi connectivity index (χ0) is 18.4. The largest absolute Gasteiger partial charge is 0.354 e. The third-order valence-corrected chi connectivity index (χ3v) is 6.05. The Morgan fingerprint density at radius 1 is 1.16 bits per heavy atom. The SMILES string of the molecule is CC(C)CNC(=O)[C@H](C)N1CCC(NS(=O)(=O)c2ccccc2)CC1. The minimum Gasteiger partial charge on any atom is -0.354 e. The summed E-state index contributed by atoms with van der Waals surface area (Å²) in [5.74, 6) is 0.464. The van der Waals surface area contributed by atoms with Crippen molar-refractivity contribution < 1.29 is 13.2 Å². The van der Waals surface area contributed by atoms with E-state index < -0.39 is 10.0 Å². The first-order valence-corrected chi connectivity index (χ1v) is 10.4. The number of piperidine rings is 1. The number of hydrogen-bond acceptors (Lipinski definition) is 4. The zero-order valence-corrected chi connectivity index (χ0v) is 16.1. The second-order valence-corrected chi connectivity index (χ2v) is 8.77. The highest BCUT2D eigenvalue weighted by molar-refractivity contribution is 7.89. The van der Waals surface area contributed by atoms with Gasteiger partial charge in [0.15, 0.2) is 0 Å². The molecule has 140 valence electrons. The fourth-order valence-electron chi connectivity index (χ4n) is 2.91. The number of nitrogens with one attached hydrogen (secondary N) is 2. The maximum Gasteiger partial charge on any atom is 0.240 e. The average molecular weight is 368 g/mol. The van der Waals surface area contributed by atoms with Crippen LogP contribution in [0.1, 0.15) is 33.6 Å². The molecule has 1 aliphatic rings. The number of nitrogens with zero attached hydrogens (tertiary/aromatic N) is 1. The van der Waals surface area contributed by atoms with Crippen LogP contribution in [-0.4, -0.2) is 50.9 Å². The summed E-state index contributed by atoms with van der Waals surface area (Å²) >= 11 is 0. The summed E-state index contributed by atoms with van der Waals surface area (Å²) in [6, 6.07) is 8.14. The fraction of sp³-hybridized carbons (Fsp3) is 0.611. The lowest BCUT2D eigenvalue weighted by Gasteiger charge is -2.35. The molecule has 0 spiro atoms. The summed E-state index contributed by atoms with van der Waals surface area (Å²) in [4.78, 5) is 14.6. The Bertz CT molecular complexity index is 653. The van der Waals surface area contributed by atoms with Crippen LogP contribution in [0.25, 0.3) is 0 Å². The highest BCUT2D eigenvalue weighted by atomic mass is 32.2. The molecular weight excluding hydrogens is 338 g/mol. The summed E-state index contributed by atoms with van der Waals surface area (Å²) in [6.45, 7) is 8.13. The molecule has 1 aliphatic heterocycles. The Morgan fingerprint density at radius 3 is 2.32 bits per heavy atom. The first-order valence-electron chi connectivity index (χ1n) is 8.88. The molecule has 0 aliphatic carbocycles. The van der Waals surface area contributed by atoms with E-state index in [1.54, 1.807) is 30.3 Å². The van der Waals surface area contributed by atoms with Crippen molar-refractivity contribution in [2.75, 3.05) is 19.6 Å². The van der Waals surface area contributed by atoms with E-state index in [2.05, 4.69) is 28.8 Å². The molecule has 0 saturated carbocycles. The number of carbonyl (C=O) groups is 1. The van der Waals surface area contributed by atoms with Gasteiger partial charge in [0, 0.05) is 25.7 Å². The molecule has 1 saturated heterocycles. The van der Waals surface area contributed by atoms with Crippen LogP contribution in [0, 0.1) is 5.92 Å². The molecule has 1 atom stereocenters. The van der Waals surface area contributed by atoms with Gasteiger partial charge in [0.25, 0.3) is 0 Å². The second-order valence-electron chi connectivity index (χ2n) is 7.06. The molecule has 0 radical (unpaired) electrons. The molecule has 1 amide bonds. The van der Waals surface area contributed by atoms with E-state index in [-0.39, 0.29) is 18.0 Å². The second kappa shape index (κ2) is 8.78. The molecule has 7 heteroatoms. The number of hydrogen-bond donors (Lipinski definition) is 2. The van der Waals surface area contributed by atoms with E-state index in [0.717, 1.165) is 0 Å². The van der Waals surface area contributed by atoms with Gasteiger partial charge in [0.05, 0.1) is 10.9 Å². The fourth-order valence-corrected chi connectivity index (χ4v) is 4.24. The van der Waals surface area contributed by atoms with Crippen LogP contribution < -0.4 is 10.0 Å². The lowest BCUT2D eigenvalue weighted by Crippen LogP contribution is -2.52. The monoisotopic (exact) mass is 367 g/mol. The van der Waals surface area contributed by atoms with E-state index >= 15 is 0 Å². The van der Waals surface area contributed by atoms with Gasteiger partial charge in [0.2, 0.25) is 15.9 Å². The number of carbonyl (C=O) groups excluding carboxylic acids is 1. The number of benzene rings is 1. The van der Waals surface area contributed by atoms with E-state index in [4.69, 9.17) is 0 Å². The van der Waals surface area contributed by atoms with Crippen LogP contribution in [0.2, 0.25) is 0 Å². The molecule has 25 heavy (non-hydrogen) atoms. The minimum absolute atomic E-state index is 0.0389. The predicted octanol–water partition coefficient (Wildman–Crippen LogP) is 1.59. The van der Waals surface area contributed by atoms with Crippen LogP contribution in [0.15, 0.2) is 35.2 Å². The molecule has 1 aromatic carbocycles. The Kier molecular flexibility index (Phi) is 6.98. The third kappa shape index (κ3) is 5.80. The Hall–Kier alpha value is -1.44. The van der Waals surface area contributed by atoms with Crippen LogP contribution in [-0.2, 0) is 14.8 Å². The van der Waals surface area contributed by atoms with Gasteiger partial charge >= 0.3 is 0 Å². The summed E-state index contributed by atoms with van der Waals surface area (Å²) in [5.41, 5.74) is 0. The van der Waals surface area contributed by atoms with E-state index in [0.29, 0.717) is 43.3 Å². The predicted molar refractivity (Wildman–Crippen MR) is 98.7 cm³/mol. The number of rotatable bonds is 7. The van der Waals surface area contributed by atoms with Crippen molar-refractivity contribution in [1.82, 2.24) is 14.9 Å². The summed E-state index contributed by atoms with van der Waals surface area (Å²) < 4.78 is 27.6. The maximum atomic E-state index is 12.4. The first-order chi connectivity index (χ1) is 11.8. The van der Waals surface area contributed by atoms with Gasteiger partial charge in [-0.2, -0.15) is 0 Å². The van der Waals surface area contributed by atoms with Gasteiger partial charge in [-0.25, -0.2) is 13.1 Å². The van der Waals surface area contributed by atoms with Gasteiger partial charge < -0.3 is 5.32 Å². The normalized spacial score (nSPS) is 18.2. The summed E-state index contributed by atoms with van der Waals surface area (Å²) in [5, 5.41) is 2.96. The number of likely N-dealkylation sites (tertiary alicyclic amines) is 1. The summed E-state index contributed by atoms with van der Waals surface area (Å²) in [7, 11) is -3.48. The quantitative estimate of drug-likeness (QED) is 0.767. The first kappa shape index (κ1) is 19.9. The van der Waals surface area contributed by atoms with Gasteiger partial charge in [-0.15, -0.1) is 0 Å². The van der Waals surface area contributed by atoms with Crippen molar-refractivity contribution in [3.05, 3.63) is 30.3 Å². The highest BCUT2D eigenvalue weighted by Gasteiger charge is 2.28. The van der Waals surface area contributed by atoms with Gasteiger partial charge in [0.1, 0.15) is 0 Å². The Morgan fingerprint density at radius 2 is 1.76 bits per heavy atom. The standard InChI is InChI=1S/C18H29N3O3S/c1-14(2)13-19-18(22)15(3)21-11-9-16(10-12-21)20-25(23,24)17-7-5-4-6-8-17/h4-8,14-16,20H,9-13H2,1-3H3,(H,19,22)/t15-/m0/s1. The van der Waals surface area contributed by atoms with Gasteiger partial charge in [-0.3, -0.25) is 9.69 Å². The van der Waals surface area contributed by atoms with Gasteiger partial charge in [-0.05, 0) is 37.8 Å². The molecule has 0 bridgehead atoms. The molecule has 1 fully saturated rings. The molecule has 0 unspecified atom stereocenters. The maximum absolute atomic E-state index is 12.4. The van der Waals surface area contributed by atoms with Crippen LogP contribution in [0.5, 0.6) is 0 Å². The third-order valence-electron chi connectivity index (χ3n) is 4.52. The topological polar surface area (TPSA) is 78.5 Å². The van der Waals surface area contributed by atoms with Crippen LogP contribution >= 0.6 is 0 Å². The number of sulfonamides is 1. The molecule has 6 nitrogen and oxygen atoms in total. The van der Waals surface area contributed by atoms with Crippen molar-refractivity contribution in [2.24, 2.45) is 5.92 Å². The van der Waals surface area contributed by atoms with Crippen LogP contribution in [0.3, 0.4) is 0 Å². The average Bonchev–Trinajstić information content (AvgIpc) is 2.60. The minimum atomic E-state index is -3.48. The lowest BCUT2D eigenvalue weighted by molar-refractivity contribution is -0.126.